The molecule has 68 valence electrons. The van der Waals surface area contributed by atoms with Gasteiger partial charge in [0.2, 0.25) is 0 Å². The van der Waals surface area contributed by atoms with E-state index in [0.29, 0.717) is 5.75 Å². The number of benzene rings is 1. The second-order valence-electron chi connectivity index (χ2n) is 3.19. The summed E-state index contributed by atoms with van der Waals surface area (Å²) in [6.45, 7) is 2.13. The predicted molar refractivity (Wildman–Crippen MR) is 51.9 cm³/mol. The molecule has 0 amide bonds. The van der Waals surface area contributed by atoms with Crippen LogP contribution in [0.5, 0.6) is 5.75 Å². The van der Waals surface area contributed by atoms with Crippen molar-refractivity contribution in [2.45, 2.75) is 19.8 Å². The minimum Gasteiger partial charge on any atom is -0.508 e. The molecule has 0 saturated carbocycles. The highest BCUT2D eigenvalue weighted by Crippen LogP contribution is 2.25. The summed E-state index contributed by atoms with van der Waals surface area (Å²) in [7, 11) is 0. The molecule has 1 heterocycles. The maximum Gasteiger partial charge on any atom is 0.134 e. The zero-order chi connectivity index (χ0) is 9.26. The number of furan rings is 1. The molecule has 0 saturated heterocycles. The van der Waals surface area contributed by atoms with Gasteiger partial charge in [-0.3, -0.25) is 0 Å². The van der Waals surface area contributed by atoms with Gasteiger partial charge in [-0.15, -0.1) is 0 Å². The van der Waals surface area contributed by atoms with Crippen LogP contribution in [0.3, 0.4) is 0 Å². The van der Waals surface area contributed by atoms with Gasteiger partial charge in [0, 0.05) is 5.39 Å². The minimum atomic E-state index is 0.297. The van der Waals surface area contributed by atoms with Gasteiger partial charge < -0.3 is 9.52 Å². The van der Waals surface area contributed by atoms with Crippen molar-refractivity contribution in [3.05, 3.63) is 30.0 Å². The van der Waals surface area contributed by atoms with Crippen LogP contribution in [-0.4, -0.2) is 5.11 Å². The molecule has 1 N–H and O–H groups in total. The first-order chi connectivity index (χ1) is 6.31. The van der Waals surface area contributed by atoms with Gasteiger partial charge in [0.1, 0.15) is 11.3 Å². The largest absolute Gasteiger partial charge is 0.508 e. The van der Waals surface area contributed by atoms with Crippen LogP contribution >= 0.6 is 0 Å². The monoisotopic (exact) mass is 176 g/mol. The molecule has 1 aromatic carbocycles. The van der Waals surface area contributed by atoms with E-state index in [1.54, 1.807) is 24.5 Å². The number of rotatable bonds is 2. The lowest BCUT2D eigenvalue weighted by atomic mass is 10.1. The van der Waals surface area contributed by atoms with Gasteiger partial charge in [-0.1, -0.05) is 13.3 Å². The minimum absolute atomic E-state index is 0.297. The normalized spacial score (nSPS) is 10.8. The molecule has 0 unspecified atom stereocenters. The third kappa shape index (κ3) is 1.39. The van der Waals surface area contributed by atoms with Crippen LogP contribution in [0.2, 0.25) is 0 Å². The molecular weight excluding hydrogens is 164 g/mol. The molecule has 1 aromatic heterocycles. The molecule has 0 fully saturated rings. The SMILES string of the molecule is CCCc1coc2ccc(O)cc12. The third-order valence-electron chi connectivity index (χ3n) is 2.16. The van der Waals surface area contributed by atoms with Crippen molar-refractivity contribution in [3.63, 3.8) is 0 Å². The maximum absolute atomic E-state index is 9.30. The standard InChI is InChI=1S/C11H12O2/c1-2-3-8-7-13-11-5-4-9(12)6-10(8)11/h4-7,12H,2-3H2,1H3. The Kier molecular flexibility index (Phi) is 1.97. The molecule has 2 rings (SSSR count). The van der Waals surface area contributed by atoms with Crippen LogP contribution in [0.15, 0.2) is 28.9 Å². The molecule has 2 nitrogen and oxygen atoms in total. The number of phenolic OH excluding ortho intramolecular Hbond substituents is 1. The average molecular weight is 176 g/mol. The Hall–Kier alpha value is -1.44. The Morgan fingerprint density at radius 2 is 2.23 bits per heavy atom. The van der Waals surface area contributed by atoms with Crippen LogP contribution in [0, 0.1) is 0 Å². The van der Waals surface area contributed by atoms with Gasteiger partial charge in [0.25, 0.3) is 0 Å². The summed E-state index contributed by atoms with van der Waals surface area (Å²) in [6.07, 6.45) is 3.86. The Morgan fingerprint density at radius 1 is 1.38 bits per heavy atom. The molecule has 13 heavy (non-hydrogen) atoms. The molecule has 0 atom stereocenters. The lowest BCUT2D eigenvalue weighted by Crippen LogP contribution is -1.78. The van der Waals surface area contributed by atoms with Gasteiger partial charge in [0.05, 0.1) is 6.26 Å². The van der Waals surface area contributed by atoms with E-state index in [2.05, 4.69) is 6.92 Å². The van der Waals surface area contributed by atoms with E-state index in [9.17, 15) is 5.11 Å². The highest BCUT2D eigenvalue weighted by molar-refractivity contribution is 5.82. The van der Waals surface area contributed by atoms with Crippen molar-refractivity contribution in [2.75, 3.05) is 0 Å². The van der Waals surface area contributed by atoms with Crippen LogP contribution in [0.1, 0.15) is 18.9 Å². The average Bonchev–Trinajstić information content (AvgIpc) is 2.49. The van der Waals surface area contributed by atoms with Crippen molar-refractivity contribution >= 4 is 11.0 Å². The van der Waals surface area contributed by atoms with Gasteiger partial charge in [-0.25, -0.2) is 0 Å². The summed E-state index contributed by atoms with van der Waals surface area (Å²) in [5.41, 5.74) is 2.02. The van der Waals surface area contributed by atoms with Gasteiger partial charge in [-0.2, -0.15) is 0 Å². The summed E-state index contributed by atoms with van der Waals surface area (Å²) >= 11 is 0. The number of phenols is 1. The highest BCUT2D eigenvalue weighted by atomic mass is 16.3. The molecule has 0 aliphatic carbocycles. The number of aromatic hydroxyl groups is 1. The number of aryl methyl sites for hydroxylation is 1. The van der Waals surface area contributed by atoms with Crippen molar-refractivity contribution < 1.29 is 9.52 Å². The fraction of sp³-hybridized carbons (Fsp3) is 0.273. The Morgan fingerprint density at radius 3 is 3.00 bits per heavy atom. The van der Waals surface area contributed by atoms with E-state index in [4.69, 9.17) is 4.42 Å². The van der Waals surface area contributed by atoms with Crippen LogP contribution in [0.25, 0.3) is 11.0 Å². The molecule has 0 radical (unpaired) electrons. The molecule has 2 aromatic rings. The van der Waals surface area contributed by atoms with Crippen molar-refractivity contribution in [3.8, 4) is 5.75 Å². The van der Waals surface area contributed by atoms with E-state index in [-0.39, 0.29) is 0 Å². The quantitative estimate of drug-likeness (QED) is 0.762. The Bertz CT molecular complexity index is 415. The first kappa shape index (κ1) is 8.17. The van der Waals surface area contributed by atoms with Crippen molar-refractivity contribution in [1.82, 2.24) is 0 Å². The number of hydrogen-bond acceptors (Lipinski definition) is 2. The summed E-state index contributed by atoms with van der Waals surface area (Å²) < 4.78 is 5.35. The van der Waals surface area contributed by atoms with Crippen molar-refractivity contribution in [2.24, 2.45) is 0 Å². The van der Waals surface area contributed by atoms with Crippen molar-refractivity contribution in [1.29, 1.82) is 0 Å². The number of fused-ring (bicyclic) bond motifs is 1. The zero-order valence-electron chi connectivity index (χ0n) is 7.58. The predicted octanol–water partition coefficient (Wildman–Crippen LogP) is 3.09. The second-order valence-corrected chi connectivity index (χ2v) is 3.19. The first-order valence-electron chi connectivity index (χ1n) is 4.50. The molecule has 0 aliphatic heterocycles. The van der Waals surface area contributed by atoms with E-state index < -0.39 is 0 Å². The lowest BCUT2D eigenvalue weighted by molar-refractivity contribution is 0.476. The van der Waals surface area contributed by atoms with E-state index in [1.807, 2.05) is 0 Å². The van der Waals surface area contributed by atoms with Crippen LogP contribution in [0.4, 0.5) is 0 Å². The first-order valence-corrected chi connectivity index (χ1v) is 4.50. The number of hydrogen-bond donors (Lipinski definition) is 1. The Labute approximate surface area is 76.8 Å². The van der Waals surface area contributed by atoms with Gasteiger partial charge in [0.15, 0.2) is 0 Å². The topological polar surface area (TPSA) is 33.4 Å². The van der Waals surface area contributed by atoms with E-state index in [1.165, 1.54) is 5.56 Å². The molecule has 0 spiro atoms. The molecule has 2 heteroatoms. The highest BCUT2D eigenvalue weighted by Gasteiger charge is 2.04. The molecule has 0 bridgehead atoms. The smallest absolute Gasteiger partial charge is 0.134 e. The fourth-order valence-electron chi connectivity index (χ4n) is 1.53. The zero-order valence-corrected chi connectivity index (χ0v) is 7.58. The summed E-state index contributed by atoms with van der Waals surface area (Å²) in [6, 6.07) is 5.19. The summed E-state index contributed by atoms with van der Waals surface area (Å²) in [5, 5.41) is 10.3. The van der Waals surface area contributed by atoms with Crippen LogP contribution < -0.4 is 0 Å². The fourth-order valence-corrected chi connectivity index (χ4v) is 1.53. The lowest BCUT2D eigenvalue weighted by Gasteiger charge is -1.94. The second kappa shape index (κ2) is 3.13. The third-order valence-corrected chi connectivity index (χ3v) is 2.16. The molecule has 0 aliphatic rings. The maximum atomic E-state index is 9.30. The van der Waals surface area contributed by atoms with Crippen LogP contribution in [-0.2, 0) is 6.42 Å². The van der Waals surface area contributed by atoms with E-state index in [0.717, 1.165) is 23.8 Å². The summed E-state index contributed by atoms with van der Waals surface area (Å²) in [4.78, 5) is 0. The van der Waals surface area contributed by atoms with Gasteiger partial charge in [-0.05, 0) is 30.2 Å². The summed E-state index contributed by atoms with van der Waals surface area (Å²) in [5.74, 6) is 0.297. The molecular formula is C11H12O2. The van der Waals surface area contributed by atoms with Gasteiger partial charge >= 0.3 is 0 Å². The van der Waals surface area contributed by atoms with E-state index >= 15 is 0 Å². The Balaban J connectivity index is 2.58.